The summed E-state index contributed by atoms with van der Waals surface area (Å²) in [4.78, 5) is 24.8. The van der Waals surface area contributed by atoms with E-state index in [1.165, 1.54) is 13.0 Å². The summed E-state index contributed by atoms with van der Waals surface area (Å²) in [6.45, 7) is 4.93. The Kier molecular flexibility index (Phi) is 23.7. The van der Waals surface area contributed by atoms with Gasteiger partial charge in [0.25, 0.3) is 0 Å². The number of cyclic esters (lactones) is 1. The van der Waals surface area contributed by atoms with Crippen molar-refractivity contribution in [1.29, 1.82) is 0 Å². The van der Waals surface area contributed by atoms with Crippen molar-refractivity contribution in [3.8, 4) is 0 Å². The highest BCUT2D eigenvalue weighted by molar-refractivity contribution is 5.71. The van der Waals surface area contributed by atoms with Crippen LogP contribution in [0.4, 0.5) is 0 Å². The molecule has 0 aromatic carbocycles. The van der Waals surface area contributed by atoms with Gasteiger partial charge in [0, 0.05) is 31.1 Å². The Hall–Kier alpha value is -3.18. The number of esters is 1. The average Bonchev–Trinajstić information content (AvgIpc) is 3.21. The van der Waals surface area contributed by atoms with Crippen molar-refractivity contribution in [1.82, 2.24) is 0 Å². The second kappa shape index (κ2) is 27.5. The molecule has 3 aliphatic rings. The molecule has 2 saturated heterocycles. The standard InChI is InChI=1S/C46H72O18/c1-27-16-14-12-10-8-6-4-5-7-9-11-13-15-17-33(63-45-43(57)42(56)41(55)29(3)62-45)23-37-39(44(58)59)36(52)25-46(60,64-37)24-35(51)34(50)19-18-30(47)20-31(48)21-32(49)22-38(53)61-26-28(2)40(27)54/h4-5,7,9-17,27-37,39-43,45,47-52,54-57,60H,6,8,18-26H2,1-3H3,(H,58,59)/b5-4+,9-7+,12-10+,13-11+,16-14+,17-15+/t27-,28+,29-,30+,31+,32+,33+,34-,35+,36-,37-,39+,40-,41-,42+,43+,45+,46+/m1/s1. The van der Waals surface area contributed by atoms with E-state index in [-0.39, 0.29) is 44.6 Å². The van der Waals surface area contributed by atoms with Gasteiger partial charge in [0.1, 0.15) is 24.2 Å². The summed E-state index contributed by atoms with van der Waals surface area (Å²) in [6.07, 6.45) is 0.221. The van der Waals surface area contributed by atoms with Gasteiger partial charge < -0.3 is 80.2 Å². The van der Waals surface area contributed by atoms with Crippen LogP contribution in [0.1, 0.15) is 85.0 Å². The first kappa shape index (κ1) is 55.1. The lowest BCUT2D eigenvalue weighted by Gasteiger charge is -2.45. The molecule has 0 aromatic heterocycles. The molecule has 364 valence electrons. The predicted molar refractivity (Wildman–Crippen MR) is 231 cm³/mol. The van der Waals surface area contributed by atoms with Crippen LogP contribution in [0.5, 0.6) is 0 Å². The zero-order valence-corrected chi connectivity index (χ0v) is 36.8. The van der Waals surface area contributed by atoms with Crippen molar-refractivity contribution in [3.63, 3.8) is 0 Å². The molecule has 0 aromatic rings. The van der Waals surface area contributed by atoms with Crippen LogP contribution in [-0.2, 0) is 28.5 Å². The molecular weight excluding hydrogens is 840 g/mol. The molecule has 0 spiro atoms. The zero-order chi connectivity index (χ0) is 47.6. The summed E-state index contributed by atoms with van der Waals surface area (Å²) >= 11 is 0. The number of hydrogen-bond acceptors (Lipinski definition) is 17. The molecule has 18 atom stereocenters. The number of hydrogen-bond donors (Lipinski definition) is 12. The maximum atomic E-state index is 12.4. The van der Waals surface area contributed by atoms with Crippen LogP contribution in [0.25, 0.3) is 0 Å². The van der Waals surface area contributed by atoms with Crippen LogP contribution in [0.3, 0.4) is 0 Å². The monoisotopic (exact) mass is 912 g/mol. The quantitative estimate of drug-likeness (QED) is 0.172. The molecule has 0 saturated carbocycles. The number of carbonyl (C=O) groups is 2. The van der Waals surface area contributed by atoms with Crippen LogP contribution < -0.4 is 0 Å². The molecular formula is C46H72O18. The molecule has 0 aliphatic carbocycles. The predicted octanol–water partition coefficient (Wildman–Crippen LogP) is 0.581. The minimum Gasteiger partial charge on any atom is -0.481 e. The van der Waals surface area contributed by atoms with Crippen LogP contribution in [0.2, 0.25) is 0 Å². The summed E-state index contributed by atoms with van der Waals surface area (Å²) in [5.74, 6) is -6.84. The number of aliphatic hydroxyl groups is 11. The first-order valence-electron chi connectivity index (χ1n) is 22.1. The third kappa shape index (κ3) is 18.6. The van der Waals surface area contributed by atoms with Crippen LogP contribution in [0, 0.1) is 17.8 Å². The molecule has 18 heteroatoms. The fourth-order valence-corrected chi connectivity index (χ4v) is 7.84. The summed E-state index contributed by atoms with van der Waals surface area (Å²) in [5.41, 5.74) is 0. The van der Waals surface area contributed by atoms with Gasteiger partial charge >= 0.3 is 11.9 Å². The number of aliphatic carboxylic acids is 1. The molecule has 0 radical (unpaired) electrons. The van der Waals surface area contributed by atoms with E-state index in [0.717, 1.165) is 12.8 Å². The van der Waals surface area contributed by atoms with E-state index >= 15 is 0 Å². The van der Waals surface area contributed by atoms with Gasteiger partial charge in [-0.3, -0.25) is 9.59 Å². The van der Waals surface area contributed by atoms with Gasteiger partial charge in [-0.1, -0.05) is 86.8 Å². The van der Waals surface area contributed by atoms with Gasteiger partial charge in [0.05, 0.1) is 74.1 Å². The minimum absolute atomic E-state index is 0.0899. The zero-order valence-electron chi connectivity index (χ0n) is 36.8. The molecule has 2 bridgehead atoms. The topological polar surface area (TPSA) is 314 Å². The maximum Gasteiger partial charge on any atom is 0.311 e. The molecule has 12 N–H and O–H groups in total. The number of ether oxygens (including phenoxy) is 4. The van der Waals surface area contributed by atoms with Gasteiger partial charge in [0.2, 0.25) is 0 Å². The van der Waals surface area contributed by atoms with Crippen molar-refractivity contribution in [3.05, 3.63) is 72.9 Å². The second-order valence-corrected chi connectivity index (χ2v) is 17.4. The first-order valence-corrected chi connectivity index (χ1v) is 22.1. The van der Waals surface area contributed by atoms with Gasteiger partial charge in [-0.05, 0) is 45.4 Å². The molecule has 0 unspecified atom stereocenters. The largest absolute Gasteiger partial charge is 0.481 e. The number of aliphatic hydroxyl groups excluding tert-OH is 10. The van der Waals surface area contributed by atoms with E-state index in [0.29, 0.717) is 0 Å². The Balaban J connectivity index is 1.83. The molecule has 3 aliphatic heterocycles. The Bertz CT molecular complexity index is 1580. The molecule has 2 fully saturated rings. The average molecular weight is 913 g/mol. The van der Waals surface area contributed by atoms with Crippen molar-refractivity contribution in [2.75, 3.05) is 6.61 Å². The summed E-state index contributed by atoms with van der Waals surface area (Å²) in [7, 11) is 0. The molecule has 18 nitrogen and oxygen atoms in total. The number of carboxylic acids is 1. The third-order valence-corrected chi connectivity index (χ3v) is 11.6. The smallest absolute Gasteiger partial charge is 0.311 e. The van der Waals surface area contributed by atoms with E-state index in [1.807, 2.05) is 43.4 Å². The van der Waals surface area contributed by atoms with Crippen molar-refractivity contribution in [2.24, 2.45) is 17.8 Å². The van der Waals surface area contributed by atoms with Crippen LogP contribution in [0.15, 0.2) is 72.9 Å². The lowest BCUT2D eigenvalue weighted by molar-refractivity contribution is -0.316. The first-order chi connectivity index (χ1) is 30.2. The lowest BCUT2D eigenvalue weighted by Crippen LogP contribution is -2.58. The normalized spacial score (nSPS) is 44.6. The maximum absolute atomic E-state index is 12.4. The Morgan fingerprint density at radius 2 is 1.27 bits per heavy atom. The number of fused-ring (bicyclic) bond motifs is 2. The Labute approximate surface area is 374 Å². The second-order valence-electron chi connectivity index (χ2n) is 17.4. The molecule has 3 heterocycles. The van der Waals surface area contributed by atoms with Crippen LogP contribution in [-0.4, -0.2) is 171 Å². The number of rotatable bonds is 3. The van der Waals surface area contributed by atoms with Gasteiger partial charge in [-0.15, -0.1) is 0 Å². The lowest BCUT2D eigenvalue weighted by atomic mass is 9.82. The van der Waals surface area contributed by atoms with Gasteiger partial charge in [0.15, 0.2) is 12.1 Å². The van der Waals surface area contributed by atoms with E-state index in [9.17, 15) is 70.9 Å². The molecule has 64 heavy (non-hydrogen) atoms. The molecule has 0 amide bonds. The third-order valence-electron chi connectivity index (χ3n) is 11.6. The fraction of sp³-hybridized carbons (Fsp3) is 0.696. The Morgan fingerprint density at radius 3 is 1.94 bits per heavy atom. The van der Waals surface area contributed by atoms with Gasteiger partial charge in [-0.25, -0.2) is 0 Å². The summed E-state index contributed by atoms with van der Waals surface area (Å²) < 4.78 is 22.7. The van der Waals surface area contributed by atoms with Crippen LogP contribution >= 0.6 is 0 Å². The van der Waals surface area contributed by atoms with Crippen molar-refractivity contribution < 1.29 is 89.8 Å². The minimum atomic E-state index is -2.37. The van der Waals surface area contributed by atoms with Crippen molar-refractivity contribution >= 4 is 11.9 Å². The number of carbonyl (C=O) groups excluding carboxylic acids is 1. The van der Waals surface area contributed by atoms with E-state index < -0.39 is 134 Å². The van der Waals surface area contributed by atoms with Gasteiger partial charge in [-0.2, -0.15) is 0 Å². The Morgan fingerprint density at radius 1 is 0.672 bits per heavy atom. The van der Waals surface area contributed by atoms with E-state index in [2.05, 4.69) is 0 Å². The fourth-order valence-electron chi connectivity index (χ4n) is 7.84. The van der Waals surface area contributed by atoms with E-state index in [1.54, 1.807) is 37.3 Å². The SMILES string of the molecule is C[C@@H]1/C=C/C=C/CC/C=C/C=C/C=C/C=C/[C@H](O[C@@H]2O[C@H](C)[C@@H](O)[C@H](O)[C@@H]2O)C[C@H]2O[C@](O)(C[C@@H](O)[C@@H]2C(=O)O)C[C@H](O)[C@H](O)CC[C@H](O)C[C@H](O)C[C@H](O)CC(=O)OC[C@H](C)[C@@H]1O. The molecule has 3 rings (SSSR count). The highest BCUT2D eigenvalue weighted by atomic mass is 16.7. The van der Waals surface area contributed by atoms with Crippen molar-refractivity contribution in [2.45, 2.75) is 176 Å². The summed E-state index contributed by atoms with van der Waals surface area (Å²) in [5, 5.41) is 128. The number of carboxylic acid groups (broad SMARTS) is 1. The number of allylic oxidation sites excluding steroid dienone is 10. The van der Waals surface area contributed by atoms with E-state index in [4.69, 9.17) is 18.9 Å². The summed E-state index contributed by atoms with van der Waals surface area (Å²) in [6, 6.07) is 0. The highest BCUT2D eigenvalue weighted by Crippen LogP contribution is 2.38. The highest BCUT2D eigenvalue weighted by Gasteiger charge is 2.51.